The Morgan fingerprint density at radius 1 is 1.58 bits per heavy atom. The predicted molar refractivity (Wildman–Crippen MR) is 45.4 cm³/mol. The van der Waals surface area contributed by atoms with Crippen LogP contribution in [0.15, 0.2) is 5.11 Å². The van der Waals surface area contributed by atoms with Crippen LogP contribution in [-0.2, 0) is 9.84 Å². The number of rotatable bonds is 3. The molecule has 5 nitrogen and oxygen atoms in total. The van der Waals surface area contributed by atoms with Crippen LogP contribution >= 0.6 is 0 Å². The maximum atomic E-state index is 11.0. The summed E-state index contributed by atoms with van der Waals surface area (Å²) in [5, 5.41) is 3.37. The molecule has 0 aliphatic carbocycles. The van der Waals surface area contributed by atoms with Crippen LogP contribution in [0.5, 0.6) is 0 Å². The number of hydrogen-bond acceptors (Lipinski definition) is 3. The first-order chi connectivity index (χ1) is 5.64. The first kappa shape index (κ1) is 9.35. The summed E-state index contributed by atoms with van der Waals surface area (Å²) in [5.41, 5.74) is 7.98. The maximum Gasteiger partial charge on any atom is 0.150 e. The lowest BCUT2D eigenvalue weighted by atomic mass is 10.1. The minimum atomic E-state index is -2.77. The molecule has 1 atom stereocenters. The van der Waals surface area contributed by atoms with Crippen molar-refractivity contribution in [1.82, 2.24) is 0 Å². The van der Waals surface area contributed by atoms with Gasteiger partial charge < -0.3 is 0 Å². The molecule has 68 valence electrons. The Morgan fingerprint density at radius 3 is 2.83 bits per heavy atom. The summed E-state index contributed by atoms with van der Waals surface area (Å²) in [7, 11) is -2.77. The fourth-order valence-corrected chi connectivity index (χ4v) is 3.30. The second-order valence-corrected chi connectivity index (χ2v) is 5.24. The lowest BCUT2D eigenvalue weighted by Gasteiger charge is -2.01. The van der Waals surface area contributed by atoms with Gasteiger partial charge in [0.15, 0.2) is 9.84 Å². The van der Waals surface area contributed by atoms with Gasteiger partial charge in [-0.25, -0.2) is 8.42 Å². The summed E-state index contributed by atoms with van der Waals surface area (Å²) in [4.78, 5) is 2.61. The zero-order valence-electron chi connectivity index (χ0n) is 6.68. The molecule has 1 saturated heterocycles. The van der Waals surface area contributed by atoms with Crippen LogP contribution in [0.25, 0.3) is 10.4 Å². The van der Waals surface area contributed by atoms with Crippen LogP contribution in [0.1, 0.15) is 12.8 Å². The fourth-order valence-electron chi connectivity index (χ4n) is 1.38. The Bertz CT molecular complexity index is 292. The second kappa shape index (κ2) is 3.78. The van der Waals surface area contributed by atoms with Gasteiger partial charge in [-0.1, -0.05) is 5.11 Å². The van der Waals surface area contributed by atoms with Crippen molar-refractivity contribution in [2.24, 2.45) is 11.0 Å². The minimum Gasteiger partial charge on any atom is -0.229 e. The molecule has 6 heteroatoms. The lowest BCUT2D eigenvalue weighted by Crippen LogP contribution is -2.05. The van der Waals surface area contributed by atoms with Gasteiger partial charge in [-0.15, -0.1) is 0 Å². The van der Waals surface area contributed by atoms with E-state index in [0.717, 1.165) is 6.42 Å². The number of nitrogens with zero attached hydrogens (tertiary/aromatic N) is 3. The molecule has 1 aliphatic rings. The summed E-state index contributed by atoms with van der Waals surface area (Å²) < 4.78 is 21.9. The largest absolute Gasteiger partial charge is 0.229 e. The highest BCUT2D eigenvalue weighted by atomic mass is 32.2. The van der Waals surface area contributed by atoms with Crippen LogP contribution in [0.2, 0.25) is 0 Å². The van der Waals surface area contributed by atoms with E-state index in [1.54, 1.807) is 0 Å². The van der Waals surface area contributed by atoms with Gasteiger partial charge >= 0.3 is 0 Å². The number of sulfone groups is 1. The van der Waals surface area contributed by atoms with E-state index >= 15 is 0 Å². The third-order valence-corrected chi connectivity index (χ3v) is 3.86. The van der Waals surface area contributed by atoms with Gasteiger partial charge in [-0.3, -0.25) is 0 Å². The summed E-state index contributed by atoms with van der Waals surface area (Å²) in [5.74, 6) is 0.780. The minimum absolute atomic E-state index is 0.209. The zero-order valence-corrected chi connectivity index (χ0v) is 7.50. The molecule has 0 radical (unpaired) electrons. The molecule has 0 aromatic carbocycles. The Hall–Kier alpha value is -0.740. The number of hydrogen-bond donors (Lipinski definition) is 0. The molecule has 0 bridgehead atoms. The highest BCUT2D eigenvalue weighted by molar-refractivity contribution is 7.91. The number of azide groups is 1. The zero-order chi connectivity index (χ0) is 9.03. The van der Waals surface area contributed by atoms with Crippen LogP contribution in [0.3, 0.4) is 0 Å². The molecule has 1 unspecified atom stereocenters. The van der Waals surface area contributed by atoms with Crippen LogP contribution < -0.4 is 0 Å². The van der Waals surface area contributed by atoms with Crippen LogP contribution in [0, 0.1) is 5.92 Å². The Morgan fingerprint density at radius 2 is 2.33 bits per heavy atom. The third kappa shape index (κ3) is 2.71. The van der Waals surface area contributed by atoms with Crippen molar-refractivity contribution in [3.63, 3.8) is 0 Å². The van der Waals surface area contributed by atoms with Crippen molar-refractivity contribution in [3.05, 3.63) is 10.4 Å². The van der Waals surface area contributed by atoms with Gasteiger partial charge in [0.05, 0.1) is 11.5 Å². The molecular weight excluding hydrogens is 178 g/mol. The summed E-state index contributed by atoms with van der Waals surface area (Å²) >= 11 is 0. The normalized spacial score (nSPS) is 26.5. The molecule has 0 saturated carbocycles. The standard InChI is InChI=1S/C6H11N3O2S/c7-9-8-3-1-6-2-4-12(10,11)5-6/h6H,1-5H2. The average molecular weight is 189 g/mol. The first-order valence-corrected chi connectivity index (χ1v) is 5.67. The summed E-state index contributed by atoms with van der Waals surface area (Å²) in [6.45, 7) is 0.413. The molecule has 1 aliphatic heterocycles. The Labute approximate surface area is 71.3 Å². The van der Waals surface area contributed by atoms with E-state index in [1.807, 2.05) is 0 Å². The van der Waals surface area contributed by atoms with E-state index in [1.165, 1.54) is 0 Å². The molecule has 1 fully saturated rings. The van der Waals surface area contributed by atoms with E-state index in [2.05, 4.69) is 10.0 Å². The maximum absolute atomic E-state index is 11.0. The van der Waals surface area contributed by atoms with Gasteiger partial charge in [0.1, 0.15) is 0 Å². The van der Waals surface area contributed by atoms with Gasteiger partial charge in [-0.05, 0) is 24.3 Å². The van der Waals surface area contributed by atoms with Crippen molar-refractivity contribution in [3.8, 4) is 0 Å². The highest BCUT2D eigenvalue weighted by Crippen LogP contribution is 2.21. The molecule has 0 aromatic heterocycles. The van der Waals surface area contributed by atoms with E-state index < -0.39 is 9.84 Å². The molecule has 0 amide bonds. The predicted octanol–water partition coefficient (Wildman–Crippen LogP) is 1.12. The van der Waals surface area contributed by atoms with E-state index in [4.69, 9.17) is 5.53 Å². The van der Waals surface area contributed by atoms with E-state index in [9.17, 15) is 8.42 Å². The van der Waals surface area contributed by atoms with Gasteiger partial charge in [0.25, 0.3) is 0 Å². The molecular formula is C6H11N3O2S. The van der Waals surface area contributed by atoms with E-state index in [0.29, 0.717) is 18.7 Å². The smallest absolute Gasteiger partial charge is 0.150 e. The van der Waals surface area contributed by atoms with E-state index in [-0.39, 0.29) is 11.7 Å². The monoisotopic (exact) mass is 189 g/mol. The Balaban J connectivity index is 2.33. The van der Waals surface area contributed by atoms with Crippen molar-refractivity contribution in [2.45, 2.75) is 12.8 Å². The van der Waals surface area contributed by atoms with Crippen molar-refractivity contribution in [2.75, 3.05) is 18.1 Å². The average Bonchev–Trinajstić information content (AvgIpc) is 2.31. The molecule has 0 N–H and O–H groups in total. The van der Waals surface area contributed by atoms with Crippen LogP contribution in [-0.4, -0.2) is 26.5 Å². The molecule has 0 aromatic rings. The highest BCUT2D eigenvalue weighted by Gasteiger charge is 2.26. The first-order valence-electron chi connectivity index (χ1n) is 3.85. The lowest BCUT2D eigenvalue weighted by molar-refractivity contribution is 0.549. The summed E-state index contributed by atoms with van der Waals surface area (Å²) in [6, 6.07) is 0. The van der Waals surface area contributed by atoms with Crippen molar-refractivity contribution >= 4 is 9.84 Å². The van der Waals surface area contributed by atoms with Crippen molar-refractivity contribution < 1.29 is 8.42 Å². The van der Waals surface area contributed by atoms with Crippen LogP contribution in [0.4, 0.5) is 0 Å². The van der Waals surface area contributed by atoms with Gasteiger partial charge in [0.2, 0.25) is 0 Å². The van der Waals surface area contributed by atoms with Crippen molar-refractivity contribution in [1.29, 1.82) is 0 Å². The molecule has 1 rings (SSSR count). The van der Waals surface area contributed by atoms with Gasteiger partial charge in [-0.2, -0.15) is 0 Å². The second-order valence-electron chi connectivity index (χ2n) is 3.01. The molecule has 0 spiro atoms. The quantitative estimate of drug-likeness (QED) is 0.378. The van der Waals surface area contributed by atoms with Gasteiger partial charge in [0, 0.05) is 11.5 Å². The topological polar surface area (TPSA) is 82.9 Å². The SMILES string of the molecule is [N-]=[N+]=NCCC1CCS(=O)(=O)C1. The molecule has 12 heavy (non-hydrogen) atoms. The fraction of sp³-hybridized carbons (Fsp3) is 1.00. The Kier molecular flexibility index (Phi) is 2.94. The molecule has 1 heterocycles. The summed E-state index contributed by atoms with van der Waals surface area (Å²) in [6.07, 6.45) is 1.42. The third-order valence-electron chi connectivity index (χ3n) is 2.03.